The van der Waals surface area contributed by atoms with Crippen molar-refractivity contribution in [2.24, 2.45) is 11.8 Å². The lowest BCUT2D eigenvalue weighted by atomic mass is 10.0. The van der Waals surface area contributed by atoms with Crippen molar-refractivity contribution < 1.29 is 51.5 Å². The molecule has 2 aromatic carbocycles. The van der Waals surface area contributed by atoms with E-state index >= 15 is 0 Å². The first-order chi connectivity index (χ1) is 23.6. The number of rotatable bonds is 19. The van der Waals surface area contributed by atoms with Gasteiger partial charge in [0, 0.05) is 32.8 Å². The van der Waals surface area contributed by atoms with Gasteiger partial charge in [-0.05, 0) is 61.6 Å². The third kappa shape index (κ3) is 10.2. The highest BCUT2D eigenvalue weighted by molar-refractivity contribution is 7.89. The zero-order chi connectivity index (χ0) is 34.8. The number of nitrogens with zero attached hydrogens (tertiary/aromatic N) is 1. The molecule has 0 spiro atoms. The number of aliphatic hydroxyl groups excluding tert-OH is 1. The van der Waals surface area contributed by atoms with Gasteiger partial charge in [0.25, 0.3) is 0 Å². The highest BCUT2D eigenvalue weighted by Gasteiger charge is 2.44. The second-order valence-electron chi connectivity index (χ2n) is 12.8. The van der Waals surface area contributed by atoms with Crippen molar-refractivity contribution in [2.45, 2.75) is 62.5 Å². The molecular formula is C34H49N3O11S. The van der Waals surface area contributed by atoms with E-state index in [9.17, 15) is 18.3 Å². The highest BCUT2D eigenvalue weighted by Crippen LogP contribution is 2.35. The third-order valence-corrected chi connectivity index (χ3v) is 10.4. The van der Waals surface area contributed by atoms with Crippen LogP contribution in [-0.4, -0.2) is 115 Å². The van der Waals surface area contributed by atoms with Gasteiger partial charge in [0.05, 0.1) is 49.4 Å². The number of fused-ring (bicyclic) bond motifs is 2. The van der Waals surface area contributed by atoms with Gasteiger partial charge in [0.15, 0.2) is 17.8 Å². The van der Waals surface area contributed by atoms with Gasteiger partial charge >= 0.3 is 6.09 Å². The molecule has 5 atom stereocenters. The van der Waals surface area contributed by atoms with Crippen molar-refractivity contribution in [3.63, 3.8) is 0 Å². The molecule has 2 saturated heterocycles. The summed E-state index contributed by atoms with van der Waals surface area (Å²) in [4.78, 5) is 13.3. The number of carbonyl (C=O) groups is 1. The third-order valence-electron chi connectivity index (χ3n) is 8.58. The number of amides is 1. The normalized spacial score (nSPS) is 21.1. The molecule has 3 aliphatic rings. The molecule has 0 aliphatic carbocycles. The fourth-order valence-electron chi connectivity index (χ4n) is 6.02. The molecule has 3 unspecified atom stereocenters. The number of hydrogen-bond acceptors (Lipinski definition) is 12. The zero-order valence-corrected chi connectivity index (χ0v) is 29.2. The van der Waals surface area contributed by atoms with E-state index in [1.54, 1.807) is 13.2 Å². The number of aliphatic hydroxyl groups is 1. The summed E-state index contributed by atoms with van der Waals surface area (Å²) in [6, 6.07) is 10.9. The standard InChI is InChI=1S/C34H49N3O11S/c1-23(2)19-37(49(40,41)26-9-10-30-31(18-26)47-22-46-30)20-29(38)28(36-34(39)48-32-21-45-33-27(32)11-15-44-33)17-24-5-7-25(8-6-24)43-14-4-12-35-13-16-42-3/h5-10,18,23,27-29,32-33,35,38H,4,11-17,19-22H2,1-3H3,(H,36,39)/t27?,28-,29+,32?,33?/m0/s1. The largest absolute Gasteiger partial charge is 0.494 e. The van der Waals surface area contributed by atoms with Gasteiger partial charge in [-0.25, -0.2) is 13.2 Å². The van der Waals surface area contributed by atoms with E-state index in [0.29, 0.717) is 37.1 Å². The van der Waals surface area contributed by atoms with Crippen LogP contribution >= 0.6 is 0 Å². The Balaban J connectivity index is 1.27. The minimum Gasteiger partial charge on any atom is -0.494 e. The minimum atomic E-state index is -4.06. The molecular weight excluding hydrogens is 658 g/mol. The van der Waals surface area contributed by atoms with Crippen molar-refractivity contribution in [1.82, 2.24) is 14.9 Å². The summed E-state index contributed by atoms with van der Waals surface area (Å²) >= 11 is 0. The lowest BCUT2D eigenvalue weighted by Gasteiger charge is -2.31. The van der Waals surface area contributed by atoms with Crippen LogP contribution in [0.3, 0.4) is 0 Å². The van der Waals surface area contributed by atoms with E-state index in [4.69, 9.17) is 33.2 Å². The maximum absolute atomic E-state index is 13.9. The highest BCUT2D eigenvalue weighted by atomic mass is 32.2. The molecule has 3 aliphatic heterocycles. The van der Waals surface area contributed by atoms with Crippen LogP contribution in [0.5, 0.6) is 17.2 Å². The van der Waals surface area contributed by atoms with E-state index in [1.165, 1.54) is 16.4 Å². The predicted molar refractivity (Wildman–Crippen MR) is 178 cm³/mol. The average molecular weight is 708 g/mol. The number of sulfonamides is 1. The summed E-state index contributed by atoms with van der Waals surface area (Å²) in [5.41, 5.74) is 0.806. The van der Waals surface area contributed by atoms with Crippen molar-refractivity contribution >= 4 is 16.1 Å². The van der Waals surface area contributed by atoms with Crippen molar-refractivity contribution in [3.05, 3.63) is 48.0 Å². The van der Waals surface area contributed by atoms with Gasteiger partial charge in [0.1, 0.15) is 11.9 Å². The Morgan fingerprint density at radius 1 is 1.04 bits per heavy atom. The molecule has 49 heavy (non-hydrogen) atoms. The summed E-state index contributed by atoms with van der Waals surface area (Å²) < 4.78 is 67.6. The quantitative estimate of drug-likeness (QED) is 0.183. The number of ether oxygens (including phenoxy) is 7. The Hall–Kier alpha value is -3.18. The van der Waals surface area contributed by atoms with E-state index in [-0.39, 0.29) is 49.6 Å². The molecule has 14 nitrogen and oxygen atoms in total. The fourth-order valence-corrected chi connectivity index (χ4v) is 7.65. The van der Waals surface area contributed by atoms with Gasteiger partial charge in [-0.2, -0.15) is 4.31 Å². The van der Waals surface area contributed by atoms with Gasteiger partial charge in [-0.1, -0.05) is 26.0 Å². The van der Waals surface area contributed by atoms with Crippen molar-refractivity contribution in [2.75, 3.05) is 66.5 Å². The molecule has 0 saturated carbocycles. The van der Waals surface area contributed by atoms with Crippen LogP contribution in [0.1, 0.15) is 32.3 Å². The molecule has 0 bridgehead atoms. The van der Waals surface area contributed by atoms with Crippen LogP contribution in [0, 0.1) is 11.8 Å². The molecule has 5 rings (SSSR count). The van der Waals surface area contributed by atoms with E-state index in [1.807, 2.05) is 38.1 Å². The number of hydrogen-bond donors (Lipinski definition) is 3. The molecule has 3 N–H and O–H groups in total. The van der Waals surface area contributed by atoms with E-state index < -0.39 is 40.7 Å². The van der Waals surface area contributed by atoms with Crippen LogP contribution in [0.4, 0.5) is 4.79 Å². The first-order valence-corrected chi connectivity index (χ1v) is 18.3. The van der Waals surface area contributed by atoms with Crippen LogP contribution in [0.15, 0.2) is 47.4 Å². The van der Waals surface area contributed by atoms with Gasteiger partial charge in [-0.3, -0.25) is 0 Å². The summed E-state index contributed by atoms with van der Waals surface area (Å²) in [6.07, 6.45) is -1.14. The molecule has 1 amide bonds. The van der Waals surface area contributed by atoms with Crippen molar-refractivity contribution in [3.8, 4) is 17.2 Å². The second kappa shape index (κ2) is 17.7. The van der Waals surface area contributed by atoms with Crippen LogP contribution in [0.2, 0.25) is 0 Å². The number of carbonyl (C=O) groups excluding carboxylic acids is 1. The summed E-state index contributed by atoms with van der Waals surface area (Å²) in [5, 5.41) is 17.7. The monoisotopic (exact) mass is 707 g/mol. The predicted octanol–water partition coefficient (Wildman–Crippen LogP) is 2.53. The maximum Gasteiger partial charge on any atom is 0.407 e. The Kier molecular flexibility index (Phi) is 13.4. The van der Waals surface area contributed by atoms with Crippen molar-refractivity contribution in [1.29, 1.82) is 0 Å². The first kappa shape index (κ1) is 37.1. The molecule has 272 valence electrons. The molecule has 0 radical (unpaired) electrons. The Morgan fingerprint density at radius 2 is 1.84 bits per heavy atom. The van der Waals surface area contributed by atoms with E-state index in [2.05, 4.69) is 10.6 Å². The summed E-state index contributed by atoms with van der Waals surface area (Å²) in [7, 11) is -2.40. The summed E-state index contributed by atoms with van der Waals surface area (Å²) in [6.45, 7) is 7.20. The van der Waals surface area contributed by atoms with Crippen LogP contribution in [-0.2, 0) is 35.4 Å². The minimum absolute atomic E-state index is 0.0119. The summed E-state index contributed by atoms with van der Waals surface area (Å²) in [5.74, 6) is 1.39. The average Bonchev–Trinajstić information content (AvgIpc) is 3.83. The molecule has 15 heteroatoms. The van der Waals surface area contributed by atoms with Gasteiger partial charge in [0.2, 0.25) is 16.8 Å². The second-order valence-corrected chi connectivity index (χ2v) is 14.7. The Labute approximate surface area is 288 Å². The lowest BCUT2D eigenvalue weighted by Crippen LogP contribution is -2.51. The maximum atomic E-state index is 13.9. The fraction of sp³-hybridized carbons (Fsp3) is 0.618. The molecule has 2 aromatic rings. The lowest BCUT2D eigenvalue weighted by molar-refractivity contribution is -0.0907. The van der Waals surface area contributed by atoms with Crippen LogP contribution < -0.4 is 24.8 Å². The molecule has 0 aromatic heterocycles. The number of nitrogens with one attached hydrogen (secondary N) is 2. The number of alkyl carbamates (subject to hydrolysis) is 1. The smallest absolute Gasteiger partial charge is 0.407 e. The molecule has 2 fully saturated rings. The van der Waals surface area contributed by atoms with Gasteiger partial charge < -0.3 is 48.9 Å². The van der Waals surface area contributed by atoms with Gasteiger partial charge in [-0.15, -0.1) is 0 Å². The first-order valence-electron chi connectivity index (χ1n) is 16.8. The Bertz CT molecular complexity index is 1460. The zero-order valence-electron chi connectivity index (χ0n) is 28.4. The topological polar surface area (TPSA) is 163 Å². The Morgan fingerprint density at radius 3 is 2.61 bits per heavy atom. The van der Waals surface area contributed by atoms with E-state index in [0.717, 1.165) is 31.5 Å². The molecule has 3 heterocycles. The number of methoxy groups -OCH3 is 1. The number of benzene rings is 2. The van der Waals surface area contributed by atoms with Crippen LogP contribution in [0.25, 0.3) is 0 Å². The SMILES string of the molecule is COCCNCCCOc1ccc(C[C@H](NC(=O)OC2COC3OCCC23)[C@H](O)CN(CC(C)C)S(=O)(=O)c2ccc3c(c2)OCO3)cc1.